The first-order chi connectivity index (χ1) is 13.9. The number of benzene rings is 3. The first kappa shape index (κ1) is 21.0. The summed E-state index contributed by atoms with van der Waals surface area (Å²) in [5, 5.41) is 0. The Balaban J connectivity index is 1.76. The van der Waals surface area contributed by atoms with Crippen molar-refractivity contribution in [2.75, 3.05) is 18.0 Å². The van der Waals surface area contributed by atoms with E-state index in [1.54, 1.807) is 60.1 Å². The number of thioether (sulfide) groups is 1. The molecule has 0 aliphatic heterocycles. The van der Waals surface area contributed by atoms with Gasteiger partial charge in [0.05, 0.1) is 4.90 Å². The van der Waals surface area contributed by atoms with Crippen molar-refractivity contribution in [3.63, 3.8) is 0 Å². The largest absolute Gasteiger partial charge is 0.337 e. The van der Waals surface area contributed by atoms with E-state index in [2.05, 4.69) is 4.72 Å². The molecule has 0 aliphatic carbocycles. The SMILES string of the molecule is CSc1ccc(CN(C)C(=O)c2cccc(S(=O)(=O)Nc3ccccc3)c2)cc1. The molecule has 0 atom stereocenters. The number of amides is 1. The van der Waals surface area contributed by atoms with Gasteiger partial charge in [0.1, 0.15) is 0 Å². The van der Waals surface area contributed by atoms with E-state index in [1.165, 1.54) is 12.1 Å². The Labute approximate surface area is 175 Å². The number of rotatable bonds is 7. The molecule has 0 spiro atoms. The third kappa shape index (κ3) is 5.40. The van der Waals surface area contributed by atoms with E-state index < -0.39 is 10.0 Å². The normalized spacial score (nSPS) is 11.1. The van der Waals surface area contributed by atoms with Gasteiger partial charge in [-0.15, -0.1) is 11.8 Å². The van der Waals surface area contributed by atoms with Crippen LogP contribution in [-0.2, 0) is 16.6 Å². The van der Waals surface area contributed by atoms with E-state index in [9.17, 15) is 13.2 Å². The van der Waals surface area contributed by atoms with Crippen LogP contribution in [0.2, 0.25) is 0 Å². The molecule has 7 heteroatoms. The second kappa shape index (κ2) is 9.15. The highest BCUT2D eigenvalue weighted by atomic mass is 32.2. The minimum Gasteiger partial charge on any atom is -0.337 e. The van der Waals surface area contributed by atoms with Crippen molar-refractivity contribution in [1.82, 2.24) is 4.90 Å². The fourth-order valence-corrected chi connectivity index (χ4v) is 4.33. The van der Waals surface area contributed by atoms with Crippen LogP contribution in [0.1, 0.15) is 15.9 Å². The van der Waals surface area contributed by atoms with Gasteiger partial charge in [-0.05, 0) is 54.3 Å². The Bertz CT molecular complexity index is 1080. The van der Waals surface area contributed by atoms with Gasteiger partial charge in [-0.1, -0.05) is 36.4 Å². The van der Waals surface area contributed by atoms with Gasteiger partial charge in [0, 0.05) is 29.7 Å². The fourth-order valence-electron chi connectivity index (χ4n) is 2.81. The molecule has 29 heavy (non-hydrogen) atoms. The van der Waals surface area contributed by atoms with Crippen LogP contribution in [0.25, 0.3) is 0 Å². The number of carbonyl (C=O) groups excluding carboxylic acids is 1. The number of carbonyl (C=O) groups is 1. The first-order valence-electron chi connectivity index (χ1n) is 8.95. The van der Waals surface area contributed by atoms with Crippen LogP contribution in [0, 0.1) is 0 Å². The van der Waals surface area contributed by atoms with Crippen molar-refractivity contribution in [3.8, 4) is 0 Å². The Hall–Kier alpha value is -2.77. The number of nitrogens with zero attached hydrogens (tertiary/aromatic N) is 1. The highest BCUT2D eigenvalue weighted by molar-refractivity contribution is 7.98. The fraction of sp³-hybridized carbons (Fsp3) is 0.136. The molecule has 5 nitrogen and oxygen atoms in total. The van der Waals surface area contributed by atoms with Crippen molar-refractivity contribution >= 4 is 33.4 Å². The lowest BCUT2D eigenvalue weighted by atomic mass is 10.1. The molecule has 150 valence electrons. The number of nitrogens with one attached hydrogen (secondary N) is 1. The maximum absolute atomic E-state index is 12.8. The molecule has 0 heterocycles. The molecule has 3 aromatic rings. The minimum absolute atomic E-state index is 0.0462. The van der Waals surface area contributed by atoms with Crippen LogP contribution in [0.15, 0.2) is 88.7 Å². The predicted octanol–water partition coefficient (Wildman–Crippen LogP) is 4.48. The van der Waals surface area contributed by atoms with Gasteiger partial charge in [-0.3, -0.25) is 9.52 Å². The van der Waals surface area contributed by atoms with Crippen LogP contribution in [0.5, 0.6) is 0 Å². The molecule has 0 saturated heterocycles. The lowest BCUT2D eigenvalue weighted by Gasteiger charge is -2.18. The number of anilines is 1. The standard InChI is InChI=1S/C22H22N2O3S2/c1-24(16-17-11-13-20(28-2)14-12-17)22(25)18-7-6-10-21(15-18)29(26,27)23-19-8-4-3-5-9-19/h3-15,23H,16H2,1-2H3. The van der Waals surface area contributed by atoms with E-state index in [1.807, 2.05) is 36.6 Å². The quantitative estimate of drug-likeness (QED) is 0.566. The summed E-state index contributed by atoms with van der Waals surface area (Å²) in [6.07, 6.45) is 2.01. The first-order valence-corrected chi connectivity index (χ1v) is 11.7. The summed E-state index contributed by atoms with van der Waals surface area (Å²) in [5.74, 6) is -0.240. The van der Waals surface area contributed by atoms with E-state index in [-0.39, 0.29) is 10.8 Å². The average molecular weight is 427 g/mol. The molecular weight excluding hydrogens is 404 g/mol. The van der Waals surface area contributed by atoms with Gasteiger partial charge in [-0.25, -0.2) is 8.42 Å². The van der Waals surface area contributed by atoms with Gasteiger partial charge in [0.2, 0.25) is 0 Å². The average Bonchev–Trinajstić information content (AvgIpc) is 2.74. The van der Waals surface area contributed by atoms with Crippen molar-refractivity contribution in [1.29, 1.82) is 0 Å². The van der Waals surface area contributed by atoms with Crippen LogP contribution in [-0.4, -0.2) is 32.5 Å². The zero-order chi connectivity index (χ0) is 20.9. The van der Waals surface area contributed by atoms with Crippen LogP contribution < -0.4 is 4.72 Å². The summed E-state index contributed by atoms with van der Waals surface area (Å²) in [4.78, 5) is 15.6. The van der Waals surface area contributed by atoms with E-state index in [0.717, 1.165) is 10.5 Å². The summed E-state index contributed by atoms with van der Waals surface area (Å²) in [5.41, 5.74) is 1.80. The molecule has 0 saturated carbocycles. The smallest absolute Gasteiger partial charge is 0.261 e. The lowest BCUT2D eigenvalue weighted by Crippen LogP contribution is -2.26. The maximum atomic E-state index is 12.8. The third-order valence-electron chi connectivity index (χ3n) is 4.34. The van der Waals surface area contributed by atoms with Gasteiger partial charge >= 0.3 is 0 Å². The minimum atomic E-state index is -3.78. The Morgan fingerprint density at radius 1 is 0.966 bits per heavy atom. The van der Waals surface area contributed by atoms with Crippen LogP contribution >= 0.6 is 11.8 Å². The molecule has 0 unspecified atom stereocenters. The number of sulfonamides is 1. The van der Waals surface area contributed by atoms with Crippen molar-refractivity contribution in [2.45, 2.75) is 16.3 Å². The monoisotopic (exact) mass is 426 g/mol. The van der Waals surface area contributed by atoms with Crippen LogP contribution in [0.4, 0.5) is 5.69 Å². The predicted molar refractivity (Wildman–Crippen MR) is 118 cm³/mol. The summed E-state index contributed by atoms with van der Waals surface area (Å²) in [7, 11) is -2.08. The number of hydrogen-bond acceptors (Lipinski definition) is 4. The number of para-hydroxylation sites is 1. The summed E-state index contributed by atoms with van der Waals surface area (Å²) in [6.45, 7) is 0.437. The molecule has 0 aromatic heterocycles. The van der Waals surface area contributed by atoms with E-state index >= 15 is 0 Å². The lowest BCUT2D eigenvalue weighted by molar-refractivity contribution is 0.0785. The molecular formula is C22H22N2O3S2. The Morgan fingerprint density at radius 3 is 2.31 bits per heavy atom. The zero-order valence-corrected chi connectivity index (χ0v) is 17.8. The Morgan fingerprint density at radius 2 is 1.66 bits per heavy atom. The van der Waals surface area contributed by atoms with Crippen molar-refractivity contribution in [2.24, 2.45) is 0 Å². The molecule has 0 radical (unpaired) electrons. The molecule has 0 bridgehead atoms. The third-order valence-corrected chi connectivity index (χ3v) is 6.47. The molecule has 0 fully saturated rings. The maximum Gasteiger partial charge on any atom is 0.261 e. The van der Waals surface area contributed by atoms with Crippen molar-refractivity contribution in [3.05, 3.63) is 90.0 Å². The van der Waals surface area contributed by atoms with Crippen LogP contribution in [0.3, 0.4) is 0 Å². The zero-order valence-electron chi connectivity index (χ0n) is 16.2. The second-order valence-corrected chi connectivity index (χ2v) is 9.07. The van der Waals surface area contributed by atoms with E-state index in [0.29, 0.717) is 17.8 Å². The molecule has 1 amide bonds. The van der Waals surface area contributed by atoms with Gasteiger partial charge in [-0.2, -0.15) is 0 Å². The summed E-state index contributed by atoms with van der Waals surface area (Å²) < 4.78 is 27.8. The highest BCUT2D eigenvalue weighted by Crippen LogP contribution is 2.19. The topological polar surface area (TPSA) is 66.5 Å². The molecule has 3 rings (SSSR count). The Kier molecular flexibility index (Phi) is 6.61. The summed E-state index contributed by atoms with van der Waals surface area (Å²) >= 11 is 1.66. The van der Waals surface area contributed by atoms with Gasteiger partial charge < -0.3 is 4.90 Å². The molecule has 1 N–H and O–H groups in total. The molecule has 3 aromatic carbocycles. The van der Waals surface area contributed by atoms with Crippen molar-refractivity contribution < 1.29 is 13.2 Å². The summed E-state index contributed by atoms with van der Waals surface area (Å²) in [6, 6.07) is 22.7. The molecule has 0 aliphatic rings. The van der Waals surface area contributed by atoms with E-state index in [4.69, 9.17) is 0 Å². The van der Waals surface area contributed by atoms with Gasteiger partial charge in [0.15, 0.2) is 0 Å². The van der Waals surface area contributed by atoms with Gasteiger partial charge in [0.25, 0.3) is 15.9 Å². The second-order valence-electron chi connectivity index (χ2n) is 6.51. The highest BCUT2D eigenvalue weighted by Gasteiger charge is 2.18. The number of hydrogen-bond donors (Lipinski definition) is 1.